The predicted molar refractivity (Wildman–Crippen MR) is 133 cm³/mol. The van der Waals surface area contributed by atoms with Gasteiger partial charge in [0.15, 0.2) is 5.96 Å². The predicted octanol–water partition coefficient (Wildman–Crippen LogP) is 3.94. The lowest BCUT2D eigenvalue weighted by atomic mass is 10.1. The van der Waals surface area contributed by atoms with Crippen molar-refractivity contribution in [3.8, 4) is 11.5 Å². The number of methoxy groups -OCH3 is 2. The van der Waals surface area contributed by atoms with Gasteiger partial charge in [0.25, 0.3) is 0 Å². The van der Waals surface area contributed by atoms with Gasteiger partial charge in [0, 0.05) is 45.8 Å². The van der Waals surface area contributed by atoms with E-state index in [-0.39, 0.29) is 24.0 Å². The molecule has 2 rings (SSSR count). The quantitative estimate of drug-likeness (QED) is 0.201. The molecular weight excluding hydrogens is 493 g/mol. The summed E-state index contributed by atoms with van der Waals surface area (Å²) in [6.45, 7) is 4.84. The lowest BCUT2D eigenvalue weighted by molar-refractivity contribution is 0.172. The van der Waals surface area contributed by atoms with Crippen LogP contribution in [0.3, 0.4) is 0 Å². The van der Waals surface area contributed by atoms with Gasteiger partial charge in [0.05, 0.1) is 13.7 Å². The van der Waals surface area contributed by atoms with Gasteiger partial charge in [-0.15, -0.1) is 24.0 Å². The van der Waals surface area contributed by atoms with Crippen molar-refractivity contribution in [2.75, 3.05) is 41.0 Å². The Morgan fingerprint density at radius 3 is 2.43 bits per heavy atom. The van der Waals surface area contributed by atoms with Crippen molar-refractivity contribution >= 4 is 29.9 Å². The summed E-state index contributed by atoms with van der Waals surface area (Å²) >= 11 is 0. The first-order chi connectivity index (χ1) is 14.2. The van der Waals surface area contributed by atoms with E-state index in [1.165, 1.54) is 11.1 Å². The topological polar surface area (TPSA) is 64.1 Å². The third kappa shape index (κ3) is 9.21. The fourth-order valence-corrected chi connectivity index (χ4v) is 2.84. The van der Waals surface area contributed by atoms with Crippen LogP contribution in [0.4, 0.5) is 0 Å². The molecule has 30 heavy (non-hydrogen) atoms. The standard InChI is InChI=1S/C23H33N3O3.HI/c1-18-6-9-20(22(16-18)29-15-5-14-27-3)17-26-23(24-2)25-13-12-19-7-10-21(28-4)11-8-19;/h6-11,16H,5,12-15,17H2,1-4H3,(H2,24,25,26);1H. The van der Waals surface area contributed by atoms with Gasteiger partial charge in [0.1, 0.15) is 11.5 Å². The number of guanidine groups is 1. The van der Waals surface area contributed by atoms with Gasteiger partial charge in [-0.2, -0.15) is 0 Å². The highest BCUT2D eigenvalue weighted by molar-refractivity contribution is 14.0. The molecule has 2 aromatic rings. The maximum absolute atomic E-state index is 5.95. The molecule has 166 valence electrons. The first kappa shape index (κ1) is 26.0. The van der Waals surface area contributed by atoms with E-state index in [0.717, 1.165) is 42.4 Å². The lowest BCUT2D eigenvalue weighted by Crippen LogP contribution is -2.37. The summed E-state index contributed by atoms with van der Waals surface area (Å²) in [4.78, 5) is 4.31. The Balaban J connectivity index is 0.00000450. The van der Waals surface area contributed by atoms with E-state index < -0.39 is 0 Å². The fraction of sp³-hybridized carbons (Fsp3) is 0.435. The van der Waals surface area contributed by atoms with Crippen LogP contribution in [0.15, 0.2) is 47.5 Å². The normalized spacial score (nSPS) is 10.9. The zero-order chi connectivity index (χ0) is 20.9. The zero-order valence-electron chi connectivity index (χ0n) is 18.4. The van der Waals surface area contributed by atoms with Crippen molar-refractivity contribution in [2.45, 2.75) is 26.3 Å². The number of benzene rings is 2. The van der Waals surface area contributed by atoms with Crippen LogP contribution >= 0.6 is 24.0 Å². The minimum Gasteiger partial charge on any atom is -0.497 e. The van der Waals surface area contributed by atoms with Crippen LogP contribution < -0.4 is 20.1 Å². The molecule has 7 heteroatoms. The molecular formula is C23H34IN3O3. The molecule has 6 nitrogen and oxygen atoms in total. The van der Waals surface area contributed by atoms with Crippen molar-refractivity contribution in [3.05, 3.63) is 59.2 Å². The van der Waals surface area contributed by atoms with Gasteiger partial charge < -0.3 is 24.8 Å². The molecule has 0 aromatic heterocycles. The average Bonchev–Trinajstić information content (AvgIpc) is 2.75. The molecule has 0 amide bonds. The number of aryl methyl sites for hydroxylation is 1. The van der Waals surface area contributed by atoms with E-state index >= 15 is 0 Å². The molecule has 2 N–H and O–H groups in total. The zero-order valence-corrected chi connectivity index (χ0v) is 20.7. The molecule has 0 aliphatic carbocycles. The smallest absolute Gasteiger partial charge is 0.191 e. The third-order valence-corrected chi connectivity index (χ3v) is 4.51. The van der Waals surface area contributed by atoms with Crippen LogP contribution in [0.25, 0.3) is 0 Å². The molecule has 0 atom stereocenters. The molecule has 0 saturated heterocycles. The molecule has 0 bridgehead atoms. The third-order valence-electron chi connectivity index (χ3n) is 4.51. The first-order valence-electron chi connectivity index (χ1n) is 9.95. The van der Waals surface area contributed by atoms with Crippen LogP contribution in [0.1, 0.15) is 23.1 Å². The molecule has 0 unspecified atom stereocenters. The van der Waals surface area contributed by atoms with Crippen LogP contribution in [-0.2, 0) is 17.7 Å². The molecule has 0 fully saturated rings. The Kier molecular flexibility index (Phi) is 12.9. The van der Waals surface area contributed by atoms with Crippen molar-refractivity contribution in [1.82, 2.24) is 10.6 Å². The second kappa shape index (κ2) is 14.9. The van der Waals surface area contributed by atoms with Crippen LogP contribution in [-0.4, -0.2) is 47.0 Å². The minimum atomic E-state index is 0. The highest BCUT2D eigenvalue weighted by atomic mass is 127. The maximum Gasteiger partial charge on any atom is 0.191 e. The summed E-state index contributed by atoms with van der Waals surface area (Å²) in [5.74, 6) is 2.55. The number of aliphatic imine (C=N–C) groups is 1. The second-order valence-corrected chi connectivity index (χ2v) is 6.76. The number of hydrogen-bond acceptors (Lipinski definition) is 4. The van der Waals surface area contributed by atoms with E-state index in [4.69, 9.17) is 14.2 Å². The number of rotatable bonds is 11. The number of nitrogens with zero attached hydrogens (tertiary/aromatic N) is 1. The van der Waals surface area contributed by atoms with Crippen LogP contribution in [0, 0.1) is 6.92 Å². The number of nitrogens with one attached hydrogen (secondary N) is 2. The average molecular weight is 527 g/mol. The summed E-state index contributed by atoms with van der Waals surface area (Å²) in [5, 5.41) is 6.72. The molecule has 0 saturated carbocycles. The van der Waals surface area contributed by atoms with Gasteiger partial charge in [-0.25, -0.2) is 0 Å². The number of halogens is 1. The molecule has 0 aliphatic heterocycles. The second-order valence-electron chi connectivity index (χ2n) is 6.76. The summed E-state index contributed by atoms with van der Waals surface area (Å²) in [6.07, 6.45) is 1.77. The minimum absolute atomic E-state index is 0. The highest BCUT2D eigenvalue weighted by Crippen LogP contribution is 2.20. The summed E-state index contributed by atoms with van der Waals surface area (Å²) < 4.78 is 16.2. The van der Waals surface area contributed by atoms with E-state index in [0.29, 0.717) is 19.8 Å². The highest BCUT2D eigenvalue weighted by Gasteiger charge is 2.06. The van der Waals surface area contributed by atoms with E-state index in [2.05, 4.69) is 52.9 Å². The molecule has 0 heterocycles. The van der Waals surface area contributed by atoms with Crippen molar-refractivity contribution in [2.24, 2.45) is 4.99 Å². The van der Waals surface area contributed by atoms with Crippen molar-refractivity contribution in [3.63, 3.8) is 0 Å². The molecule has 2 aromatic carbocycles. The van der Waals surface area contributed by atoms with Crippen molar-refractivity contribution in [1.29, 1.82) is 0 Å². The van der Waals surface area contributed by atoms with Gasteiger partial charge in [-0.1, -0.05) is 24.3 Å². The Morgan fingerprint density at radius 1 is 1.00 bits per heavy atom. The summed E-state index contributed by atoms with van der Waals surface area (Å²) in [5.41, 5.74) is 3.53. The van der Waals surface area contributed by atoms with Crippen LogP contribution in [0.2, 0.25) is 0 Å². The molecule has 0 spiro atoms. The summed E-state index contributed by atoms with van der Waals surface area (Å²) in [7, 11) is 5.16. The lowest BCUT2D eigenvalue weighted by Gasteiger charge is -2.15. The van der Waals surface area contributed by atoms with Gasteiger partial charge in [0.2, 0.25) is 0 Å². The monoisotopic (exact) mass is 527 g/mol. The largest absolute Gasteiger partial charge is 0.497 e. The Labute approximate surface area is 197 Å². The van der Waals surface area contributed by atoms with Crippen molar-refractivity contribution < 1.29 is 14.2 Å². The Bertz CT molecular complexity index is 767. The number of ether oxygens (including phenoxy) is 3. The first-order valence-corrected chi connectivity index (χ1v) is 9.95. The molecule has 0 aliphatic rings. The van der Waals surface area contributed by atoms with Gasteiger partial charge in [-0.3, -0.25) is 4.99 Å². The van der Waals surface area contributed by atoms with E-state index in [9.17, 15) is 0 Å². The SMILES string of the molecule is CN=C(NCCc1ccc(OC)cc1)NCc1ccc(C)cc1OCCCOC.I. The summed E-state index contributed by atoms with van der Waals surface area (Å²) in [6, 6.07) is 14.4. The molecule has 0 radical (unpaired) electrons. The van der Waals surface area contributed by atoms with E-state index in [1.807, 2.05) is 12.1 Å². The Hall–Kier alpha value is -2.00. The van der Waals surface area contributed by atoms with Gasteiger partial charge in [-0.05, 0) is 42.7 Å². The van der Waals surface area contributed by atoms with Gasteiger partial charge >= 0.3 is 0 Å². The Morgan fingerprint density at radius 2 is 1.77 bits per heavy atom. The number of hydrogen-bond donors (Lipinski definition) is 2. The van der Waals surface area contributed by atoms with E-state index in [1.54, 1.807) is 21.3 Å². The van der Waals surface area contributed by atoms with Crippen LogP contribution in [0.5, 0.6) is 11.5 Å². The maximum atomic E-state index is 5.95. The fourth-order valence-electron chi connectivity index (χ4n) is 2.84.